The molecule has 0 fully saturated rings. The number of aliphatic carboxylic acids is 1. The van der Waals surface area contributed by atoms with Gasteiger partial charge in [-0.1, -0.05) is 13.8 Å². The second kappa shape index (κ2) is 6.90. The second-order valence-electron chi connectivity index (χ2n) is 6.05. The predicted octanol–water partition coefficient (Wildman–Crippen LogP) is 3.33. The van der Waals surface area contributed by atoms with Gasteiger partial charge in [0.25, 0.3) is 0 Å². The van der Waals surface area contributed by atoms with Crippen LogP contribution in [0.25, 0.3) is 0 Å². The molecule has 0 bridgehead atoms. The fourth-order valence-corrected chi connectivity index (χ4v) is 4.17. The topological polar surface area (TPSA) is 96.7 Å². The first-order valence-corrected chi connectivity index (χ1v) is 8.90. The second-order valence-corrected chi connectivity index (χ2v) is 7.87. The summed E-state index contributed by atoms with van der Waals surface area (Å²) in [7, 11) is -4.42. The van der Waals surface area contributed by atoms with Crippen LogP contribution in [0.4, 0.5) is 0 Å². The van der Waals surface area contributed by atoms with E-state index in [1.165, 1.54) is 0 Å². The van der Waals surface area contributed by atoms with Crippen LogP contribution in [0.15, 0.2) is 12.3 Å². The summed E-state index contributed by atoms with van der Waals surface area (Å²) in [5, 5.41) is 9.56. The van der Waals surface area contributed by atoms with E-state index in [2.05, 4.69) is 4.98 Å². The van der Waals surface area contributed by atoms with Crippen molar-refractivity contribution in [2.24, 2.45) is 0 Å². The van der Waals surface area contributed by atoms with Crippen LogP contribution >= 0.6 is 7.60 Å². The molecule has 7 heteroatoms. The Labute approximate surface area is 131 Å². The number of hydrogen-bond acceptors (Lipinski definition) is 4. The molecule has 0 saturated carbocycles. The summed E-state index contributed by atoms with van der Waals surface area (Å²) < 4.78 is 17.8. The van der Waals surface area contributed by atoms with Crippen molar-refractivity contribution in [3.8, 4) is 0 Å². The fourth-order valence-electron chi connectivity index (χ4n) is 2.36. The van der Waals surface area contributed by atoms with Gasteiger partial charge >= 0.3 is 13.6 Å². The van der Waals surface area contributed by atoms with Crippen LogP contribution in [0.2, 0.25) is 0 Å². The van der Waals surface area contributed by atoms with Crippen molar-refractivity contribution < 1.29 is 23.9 Å². The highest BCUT2D eigenvalue weighted by Crippen LogP contribution is 2.59. The van der Waals surface area contributed by atoms with E-state index >= 15 is 0 Å². The van der Waals surface area contributed by atoms with Crippen LogP contribution in [0.5, 0.6) is 0 Å². The van der Waals surface area contributed by atoms with Gasteiger partial charge in [0, 0.05) is 17.5 Å². The first-order chi connectivity index (χ1) is 10.0. The van der Waals surface area contributed by atoms with E-state index in [1.54, 1.807) is 33.0 Å². The maximum absolute atomic E-state index is 12.6. The summed E-state index contributed by atoms with van der Waals surface area (Å²) >= 11 is 0. The first kappa shape index (κ1) is 18.8. The average molecular weight is 329 g/mol. The number of nitrogens with zero attached hydrogens (tertiary/aromatic N) is 1. The van der Waals surface area contributed by atoms with Gasteiger partial charge in [-0.3, -0.25) is 14.3 Å². The zero-order valence-electron chi connectivity index (χ0n) is 13.7. The summed E-state index contributed by atoms with van der Waals surface area (Å²) in [5.74, 6) is -1.38. The van der Waals surface area contributed by atoms with Gasteiger partial charge in [-0.05, 0) is 45.2 Å². The molecule has 0 spiro atoms. The molecule has 0 aliphatic carbocycles. The summed E-state index contributed by atoms with van der Waals surface area (Å²) in [6.07, 6.45) is 2.61. The fraction of sp³-hybridized carbons (Fsp3) is 0.600. The van der Waals surface area contributed by atoms with Gasteiger partial charge in [0.15, 0.2) is 5.66 Å². The maximum Gasteiger partial charge on any atom is 0.347 e. The third-order valence-corrected chi connectivity index (χ3v) is 5.06. The Bertz CT molecular complexity index is 572. The van der Waals surface area contributed by atoms with Gasteiger partial charge in [-0.25, -0.2) is 0 Å². The molecule has 22 heavy (non-hydrogen) atoms. The molecule has 0 radical (unpaired) electrons. The smallest absolute Gasteiger partial charge is 0.347 e. The van der Waals surface area contributed by atoms with Crippen molar-refractivity contribution in [3.05, 3.63) is 29.1 Å². The molecule has 2 unspecified atom stereocenters. The van der Waals surface area contributed by atoms with E-state index in [0.29, 0.717) is 29.7 Å². The Morgan fingerprint density at radius 1 is 1.36 bits per heavy atom. The zero-order chi connectivity index (χ0) is 17.1. The number of carboxylic acid groups (broad SMARTS) is 1. The molecule has 1 aromatic rings. The van der Waals surface area contributed by atoms with E-state index in [9.17, 15) is 19.4 Å². The molecule has 1 rings (SSSR count). The largest absolute Gasteiger partial charge is 0.480 e. The van der Waals surface area contributed by atoms with Crippen LogP contribution in [0, 0.1) is 0 Å². The van der Waals surface area contributed by atoms with Crippen LogP contribution < -0.4 is 0 Å². The van der Waals surface area contributed by atoms with Gasteiger partial charge in [0.1, 0.15) is 0 Å². The number of aryl methyl sites for hydroxylation is 2. The third-order valence-electron chi connectivity index (χ3n) is 3.12. The molecule has 0 aliphatic heterocycles. The predicted molar refractivity (Wildman–Crippen MR) is 84.0 cm³/mol. The Morgan fingerprint density at radius 3 is 2.36 bits per heavy atom. The normalized spacial score (nSPS) is 16.1. The lowest BCUT2D eigenvalue weighted by Gasteiger charge is -2.28. The number of hydrogen-bond donors (Lipinski definition) is 2. The number of carboxylic acids is 1. The summed E-state index contributed by atoms with van der Waals surface area (Å²) in [6, 6.07) is 1.68. The van der Waals surface area contributed by atoms with Crippen molar-refractivity contribution in [1.82, 2.24) is 4.98 Å². The Balaban J connectivity index is 3.52. The highest BCUT2D eigenvalue weighted by molar-refractivity contribution is 7.54. The SMILES string of the molecule is CCc1ccnc(CC)c1C(C(=O)O)P(=O)(O)OC(C)(C)C. The standard InChI is InChI=1S/C15H24NO5P/c1-6-10-8-9-16-11(7-2)12(10)13(14(17)18)22(19,20)21-15(3,4)5/h8-9,13H,6-7H2,1-5H3,(H,17,18)(H,19,20). The molecule has 0 amide bonds. The quantitative estimate of drug-likeness (QED) is 0.777. The number of aromatic nitrogens is 1. The molecule has 0 aromatic carbocycles. The third kappa shape index (κ3) is 4.38. The van der Waals surface area contributed by atoms with Crippen molar-refractivity contribution in [1.29, 1.82) is 0 Å². The zero-order valence-corrected chi connectivity index (χ0v) is 14.6. The van der Waals surface area contributed by atoms with Gasteiger partial charge in [0.2, 0.25) is 0 Å². The molecule has 0 saturated heterocycles. The highest BCUT2D eigenvalue weighted by atomic mass is 31.2. The van der Waals surface area contributed by atoms with Crippen molar-refractivity contribution in [3.63, 3.8) is 0 Å². The van der Waals surface area contributed by atoms with Gasteiger partial charge in [-0.15, -0.1) is 0 Å². The van der Waals surface area contributed by atoms with Crippen LogP contribution in [-0.4, -0.2) is 26.6 Å². The number of carbonyl (C=O) groups is 1. The van der Waals surface area contributed by atoms with Crippen molar-refractivity contribution in [2.45, 2.75) is 58.7 Å². The molecule has 2 atom stereocenters. The molecule has 1 heterocycles. The lowest BCUT2D eigenvalue weighted by Crippen LogP contribution is -2.24. The van der Waals surface area contributed by atoms with E-state index in [4.69, 9.17) is 4.52 Å². The summed E-state index contributed by atoms with van der Waals surface area (Å²) in [5.41, 5.74) is -1.05. The lowest BCUT2D eigenvalue weighted by molar-refractivity contribution is -0.137. The lowest BCUT2D eigenvalue weighted by atomic mass is 9.99. The van der Waals surface area contributed by atoms with Crippen LogP contribution in [-0.2, 0) is 26.7 Å². The van der Waals surface area contributed by atoms with E-state index in [0.717, 1.165) is 0 Å². The Morgan fingerprint density at radius 2 is 1.95 bits per heavy atom. The van der Waals surface area contributed by atoms with Gasteiger partial charge in [0.05, 0.1) is 5.60 Å². The van der Waals surface area contributed by atoms with Crippen LogP contribution in [0.1, 0.15) is 57.1 Å². The minimum absolute atomic E-state index is 0.301. The van der Waals surface area contributed by atoms with E-state index < -0.39 is 24.8 Å². The molecular weight excluding hydrogens is 305 g/mol. The van der Waals surface area contributed by atoms with E-state index in [-0.39, 0.29) is 0 Å². The molecule has 1 aromatic heterocycles. The Hall–Kier alpha value is -1.23. The molecule has 124 valence electrons. The average Bonchev–Trinajstić information content (AvgIpc) is 2.35. The van der Waals surface area contributed by atoms with E-state index in [1.807, 2.05) is 13.8 Å². The van der Waals surface area contributed by atoms with Crippen molar-refractivity contribution >= 4 is 13.6 Å². The Kier molecular flexibility index (Phi) is 5.90. The van der Waals surface area contributed by atoms with Gasteiger partial charge in [-0.2, -0.15) is 0 Å². The summed E-state index contributed by atoms with van der Waals surface area (Å²) in [4.78, 5) is 26.2. The maximum atomic E-state index is 12.6. The number of pyridine rings is 1. The monoisotopic (exact) mass is 329 g/mol. The number of rotatable bonds is 6. The molecule has 6 nitrogen and oxygen atoms in total. The minimum Gasteiger partial charge on any atom is -0.480 e. The summed E-state index contributed by atoms with van der Waals surface area (Å²) in [6.45, 7) is 8.53. The molecular formula is C15H24NO5P. The molecule has 0 aliphatic rings. The highest BCUT2D eigenvalue weighted by Gasteiger charge is 2.44. The minimum atomic E-state index is -4.42. The first-order valence-electron chi connectivity index (χ1n) is 7.26. The van der Waals surface area contributed by atoms with Crippen LogP contribution in [0.3, 0.4) is 0 Å². The van der Waals surface area contributed by atoms with Gasteiger partial charge < -0.3 is 14.5 Å². The van der Waals surface area contributed by atoms with Crippen molar-refractivity contribution in [2.75, 3.05) is 0 Å². The molecule has 2 N–H and O–H groups in total.